The van der Waals surface area contributed by atoms with E-state index in [1.54, 1.807) is 0 Å². The lowest BCUT2D eigenvalue weighted by molar-refractivity contribution is -0.123. The van der Waals surface area contributed by atoms with Crippen molar-refractivity contribution < 1.29 is 4.79 Å². The zero-order valence-corrected chi connectivity index (χ0v) is 14.7. The van der Waals surface area contributed by atoms with Gasteiger partial charge in [0.2, 0.25) is 5.91 Å². The van der Waals surface area contributed by atoms with Gasteiger partial charge in [-0.1, -0.05) is 37.3 Å². The molecule has 1 fully saturated rings. The first kappa shape index (κ1) is 21.2. The molecule has 1 aliphatic rings. The lowest BCUT2D eigenvalue weighted by Gasteiger charge is -2.32. The quantitative estimate of drug-likeness (QED) is 0.856. The van der Waals surface area contributed by atoms with E-state index < -0.39 is 6.04 Å². The molecule has 1 aromatic rings. The number of amides is 1. The molecule has 126 valence electrons. The second kappa shape index (κ2) is 10.8. The minimum absolute atomic E-state index is 0. The zero-order valence-electron chi connectivity index (χ0n) is 13.0. The minimum Gasteiger partial charge on any atom is -0.352 e. The summed E-state index contributed by atoms with van der Waals surface area (Å²) in [7, 11) is 0. The Kier molecular flexibility index (Phi) is 10.4. The molecule has 1 heterocycles. The summed E-state index contributed by atoms with van der Waals surface area (Å²) in [6, 6.07) is 9.76. The molecule has 1 amide bonds. The Balaban J connectivity index is 0.00000220. The molecule has 1 aliphatic heterocycles. The van der Waals surface area contributed by atoms with E-state index in [4.69, 9.17) is 5.73 Å². The summed E-state index contributed by atoms with van der Waals surface area (Å²) in [5, 5.41) is 3.09. The summed E-state index contributed by atoms with van der Waals surface area (Å²) < 4.78 is 0. The van der Waals surface area contributed by atoms with Crippen LogP contribution in [0.25, 0.3) is 0 Å². The summed E-state index contributed by atoms with van der Waals surface area (Å²) in [5.74, 6) is -0.0243. The number of hydrogen-bond donors (Lipinski definition) is 2. The third-order valence-corrected chi connectivity index (χ3v) is 4.02. The number of nitrogens with one attached hydrogen (secondary N) is 1. The molecule has 0 spiro atoms. The fraction of sp³-hybridized carbons (Fsp3) is 0.562. The van der Waals surface area contributed by atoms with E-state index in [2.05, 4.69) is 17.1 Å². The van der Waals surface area contributed by atoms with Crippen molar-refractivity contribution in [3.8, 4) is 0 Å². The van der Waals surface area contributed by atoms with Crippen molar-refractivity contribution in [2.45, 2.75) is 38.3 Å². The van der Waals surface area contributed by atoms with Crippen LogP contribution >= 0.6 is 24.8 Å². The van der Waals surface area contributed by atoms with Gasteiger partial charge in [0.05, 0.1) is 6.04 Å². The molecule has 1 saturated heterocycles. The van der Waals surface area contributed by atoms with Gasteiger partial charge in [0.25, 0.3) is 0 Å². The minimum atomic E-state index is -0.457. The molecule has 0 radical (unpaired) electrons. The van der Waals surface area contributed by atoms with Gasteiger partial charge in [-0.15, -0.1) is 24.8 Å². The molecule has 4 nitrogen and oxygen atoms in total. The maximum Gasteiger partial charge on any atom is 0.237 e. The number of carbonyl (C=O) groups excluding carboxylic acids is 1. The molecule has 0 aromatic heterocycles. The van der Waals surface area contributed by atoms with Gasteiger partial charge >= 0.3 is 0 Å². The molecule has 0 unspecified atom stereocenters. The van der Waals surface area contributed by atoms with Crippen LogP contribution in [0.1, 0.15) is 25.3 Å². The first-order valence-corrected chi connectivity index (χ1v) is 7.51. The normalized spacial score (nSPS) is 17.0. The smallest absolute Gasteiger partial charge is 0.237 e. The summed E-state index contributed by atoms with van der Waals surface area (Å²) in [6.07, 6.45) is 2.65. The number of nitrogens with zero attached hydrogens (tertiary/aromatic N) is 1. The summed E-state index contributed by atoms with van der Waals surface area (Å²) in [4.78, 5) is 14.5. The highest BCUT2D eigenvalue weighted by molar-refractivity contribution is 5.85. The highest BCUT2D eigenvalue weighted by Gasteiger charge is 2.22. The predicted molar refractivity (Wildman–Crippen MR) is 95.9 cm³/mol. The van der Waals surface area contributed by atoms with Gasteiger partial charge in [-0.2, -0.15) is 0 Å². The first-order chi connectivity index (χ1) is 9.69. The SMILES string of the molecule is CCN1CCC(NC(=O)[C@@H](N)Cc2ccccc2)CC1.Cl.Cl. The Bertz CT molecular complexity index is 423. The number of piperidine rings is 1. The van der Waals surface area contributed by atoms with E-state index in [0.29, 0.717) is 6.42 Å². The van der Waals surface area contributed by atoms with E-state index >= 15 is 0 Å². The third kappa shape index (κ3) is 6.53. The van der Waals surface area contributed by atoms with Crippen LogP contribution in [0.2, 0.25) is 0 Å². The van der Waals surface area contributed by atoms with E-state index in [0.717, 1.165) is 38.0 Å². The Labute approximate surface area is 145 Å². The van der Waals surface area contributed by atoms with Crippen molar-refractivity contribution in [3.05, 3.63) is 35.9 Å². The Morgan fingerprint density at radius 1 is 1.27 bits per heavy atom. The van der Waals surface area contributed by atoms with Crippen molar-refractivity contribution in [2.75, 3.05) is 19.6 Å². The van der Waals surface area contributed by atoms with E-state index in [-0.39, 0.29) is 36.8 Å². The summed E-state index contributed by atoms with van der Waals surface area (Å²) >= 11 is 0. The number of halogens is 2. The maximum absolute atomic E-state index is 12.1. The number of likely N-dealkylation sites (tertiary alicyclic amines) is 1. The molecule has 22 heavy (non-hydrogen) atoms. The van der Waals surface area contributed by atoms with Gasteiger partial charge in [-0.3, -0.25) is 4.79 Å². The Morgan fingerprint density at radius 3 is 2.41 bits per heavy atom. The Hall–Kier alpha value is -0.810. The average molecular weight is 348 g/mol. The highest BCUT2D eigenvalue weighted by atomic mass is 35.5. The van der Waals surface area contributed by atoms with Crippen molar-refractivity contribution >= 4 is 30.7 Å². The van der Waals surface area contributed by atoms with Crippen molar-refractivity contribution in [1.82, 2.24) is 10.2 Å². The summed E-state index contributed by atoms with van der Waals surface area (Å²) in [6.45, 7) is 5.40. The third-order valence-electron chi connectivity index (χ3n) is 4.02. The van der Waals surface area contributed by atoms with Crippen molar-refractivity contribution in [1.29, 1.82) is 0 Å². The van der Waals surface area contributed by atoms with E-state index in [1.165, 1.54) is 0 Å². The molecule has 6 heteroatoms. The van der Waals surface area contributed by atoms with E-state index in [9.17, 15) is 4.79 Å². The van der Waals surface area contributed by atoms with Crippen LogP contribution in [0.4, 0.5) is 0 Å². The van der Waals surface area contributed by atoms with Crippen molar-refractivity contribution in [2.24, 2.45) is 5.73 Å². The molecule has 1 atom stereocenters. The van der Waals surface area contributed by atoms with Gasteiger partial charge in [-0.25, -0.2) is 0 Å². The van der Waals surface area contributed by atoms with Crippen LogP contribution < -0.4 is 11.1 Å². The molecule has 2 rings (SSSR count). The van der Waals surface area contributed by atoms with Crippen LogP contribution in [0.5, 0.6) is 0 Å². The van der Waals surface area contributed by atoms with Crippen LogP contribution in [-0.4, -0.2) is 42.5 Å². The van der Waals surface area contributed by atoms with Crippen LogP contribution in [0.15, 0.2) is 30.3 Å². The van der Waals surface area contributed by atoms with Crippen molar-refractivity contribution in [3.63, 3.8) is 0 Å². The summed E-state index contributed by atoms with van der Waals surface area (Å²) in [5.41, 5.74) is 7.10. The van der Waals surface area contributed by atoms with Crippen LogP contribution in [-0.2, 0) is 11.2 Å². The monoisotopic (exact) mass is 347 g/mol. The number of benzene rings is 1. The van der Waals surface area contributed by atoms with Gasteiger partial charge in [-0.05, 0) is 31.4 Å². The van der Waals surface area contributed by atoms with Gasteiger partial charge in [0, 0.05) is 19.1 Å². The molecule has 0 aliphatic carbocycles. The largest absolute Gasteiger partial charge is 0.352 e. The van der Waals surface area contributed by atoms with Gasteiger partial charge < -0.3 is 16.0 Å². The lowest BCUT2D eigenvalue weighted by Crippen LogP contribution is -2.50. The molecule has 1 aromatic carbocycles. The molecule has 3 N–H and O–H groups in total. The standard InChI is InChI=1S/C16H25N3O.2ClH/c1-2-19-10-8-14(9-11-19)18-16(20)15(17)12-13-6-4-3-5-7-13;;/h3-7,14-15H,2,8-12,17H2,1H3,(H,18,20);2*1H/t15-;;/m0../s1. The number of nitrogens with two attached hydrogens (primary N) is 1. The average Bonchev–Trinajstić information content (AvgIpc) is 2.49. The number of rotatable bonds is 5. The molecule has 0 bridgehead atoms. The predicted octanol–water partition coefficient (Wildman–Crippen LogP) is 2.00. The lowest BCUT2D eigenvalue weighted by atomic mass is 10.0. The van der Waals surface area contributed by atoms with Gasteiger partial charge in [0.1, 0.15) is 0 Å². The van der Waals surface area contributed by atoms with Gasteiger partial charge in [0.15, 0.2) is 0 Å². The number of hydrogen-bond acceptors (Lipinski definition) is 3. The highest BCUT2D eigenvalue weighted by Crippen LogP contribution is 2.10. The Morgan fingerprint density at radius 2 is 1.86 bits per heavy atom. The fourth-order valence-electron chi connectivity index (χ4n) is 2.66. The van der Waals surface area contributed by atoms with Crippen LogP contribution in [0, 0.1) is 0 Å². The fourth-order valence-corrected chi connectivity index (χ4v) is 2.66. The molecular formula is C16H27Cl2N3O. The van der Waals surface area contributed by atoms with Crippen LogP contribution in [0.3, 0.4) is 0 Å². The second-order valence-corrected chi connectivity index (χ2v) is 5.51. The maximum atomic E-state index is 12.1. The van der Waals surface area contributed by atoms with E-state index in [1.807, 2.05) is 30.3 Å². The second-order valence-electron chi connectivity index (χ2n) is 5.51. The molecule has 0 saturated carbocycles. The molecular weight excluding hydrogens is 321 g/mol. The topological polar surface area (TPSA) is 58.4 Å². The first-order valence-electron chi connectivity index (χ1n) is 7.51. The zero-order chi connectivity index (χ0) is 14.4. The number of carbonyl (C=O) groups is 1.